The van der Waals surface area contributed by atoms with Crippen molar-refractivity contribution in [2.45, 2.75) is 44.6 Å². The lowest BCUT2D eigenvalue weighted by Crippen LogP contribution is -2.39. The third-order valence-electron chi connectivity index (χ3n) is 3.92. The second-order valence-electron chi connectivity index (χ2n) is 5.84. The summed E-state index contributed by atoms with van der Waals surface area (Å²) >= 11 is 0. The number of carbonyl (C=O) groups excluding carboxylic acids is 1. The van der Waals surface area contributed by atoms with Crippen LogP contribution in [0.15, 0.2) is 24.3 Å². The summed E-state index contributed by atoms with van der Waals surface area (Å²) in [7, 11) is -3.66. The largest absolute Gasteiger partial charge is 0.355 e. The van der Waals surface area contributed by atoms with Crippen LogP contribution in [0, 0.1) is 6.92 Å². The molecule has 24 heavy (non-hydrogen) atoms. The second-order valence-corrected chi connectivity index (χ2v) is 8.16. The smallest absolute Gasteiger partial charge is 0.238 e. The molecule has 0 bridgehead atoms. The molecule has 0 aliphatic rings. The van der Waals surface area contributed by atoms with Crippen molar-refractivity contribution < 1.29 is 13.2 Å². The number of nitrogens with zero attached hydrogens (tertiary/aromatic N) is 2. The lowest BCUT2D eigenvalue weighted by atomic mass is 10.2. The maximum absolute atomic E-state index is 12.5. The Bertz CT molecular complexity index is 834. The molecular weight excluding hydrogens is 326 g/mol. The number of aromatic nitrogens is 2. The van der Waals surface area contributed by atoms with E-state index in [9.17, 15) is 13.2 Å². The minimum atomic E-state index is -3.66. The summed E-state index contributed by atoms with van der Waals surface area (Å²) in [5.41, 5.74) is 2.33. The molecule has 0 saturated carbocycles. The van der Waals surface area contributed by atoms with E-state index in [2.05, 4.69) is 15.3 Å². The van der Waals surface area contributed by atoms with Gasteiger partial charge in [0.15, 0.2) is 9.84 Å². The van der Waals surface area contributed by atoms with Gasteiger partial charge in [0.05, 0.1) is 28.2 Å². The molecule has 6 nitrogen and oxygen atoms in total. The van der Waals surface area contributed by atoms with E-state index in [1.54, 1.807) is 13.0 Å². The van der Waals surface area contributed by atoms with Gasteiger partial charge >= 0.3 is 0 Å². The first-order valence-corrected chi connectivity index (χ1v) is 9.78. The van der Waals surface area contributed by atoms with Crippen molar-refractivity contribution in [1.82, 2.24) is 15.3 Å². The van der Waals surface area contributed by atoms with E-state index in [-0.39, 0.29) is 5.75 Å². The van der Waals surface area contributed by atoms with Crippen LogP contribution in [-0.2, 0) is 20.4 Å². The molecule has 130 valence electrons. The molecule has 1 N–H and O–H groups in total. The van der Waals surface area contributed by atoms with Gasteiger partial charge < -0.3 is 5.32 Å². The molecule has 1 aromatic heterocycles. The van der Waals surface area contributed by atoms with Crippen molar-refractivity contribution in [2.24, 2.45) is 0 Å². The highest BCUT2D eigenvalue weighted by molar-refractivity contribution is 7.92. The molecule has 0 unspecified atom stereocenters. The lowest BCUT2D eigenvalue weighted by Gasteiger charge is -2.14. The maximum Gasteiger partial charge on any atom is 0.238 e. The number of amides is 1. The van der Waals surface area contributed by atoms with E-state index < -0.39 is 21.0 Å². The maximum atomic E-state index is 12.5. The van der Waals surface area contributed by atoms with Gasteiger partial charge in [0.2, 0.25) is 5.91 Å². The molecule has 1 aromatic carbocycles. The van der Waals surface area contributed by atoms with Crippen LogP contribution in [0.1, 0.15) is 38.1 Å². The summed E-state index contributed by atoms with van der Waals surface area (Å²) in [5.74, 6) is -0.756. The number of rotatable bonds is 7. The molecule has 1 atom stereocenters. The van der Waals surface area contributed by atoms with Gasteiger partial charge in [-0.15, -0.1) is 0 Å². The average molecular weight is 349 g/mol. The van der Waals surface area contributed by atoms with E-state index in [1.807, 2.05) is 25.1 Å². The summed E-state index contributed by atoms with van der Waals surface area (Å²) in [6, 6.07) is 7.31. The first kappa shape index (κ1) is 18.3. The number of carbonyl (C=O) groups is 1. The number of fused-ring (bicyclic) bond motifs is 1. The first-order chi connectivity index (χ1) is 11.3. The average Bonchev–Trinajstić information content (AvgIpc) is 2.54. The fraction of sp³-hybridized carbons (Fsp3) is 0.471. The Kier molecular flexibility index (Phi) is 5.88. The normalized spacial score (nSPS) is 13.0. The van der Waals surface area contributed by atoms with Gasteiger partial charge in [-0.05, 0) is 32.4 Å². The monoisotopic (exact) mass is 349 g/mol. The standard InChI is InChI=1S/C17H23N3O3S/c1-4-5-10-18-17(21)13(3)24(22,23)11-16-12(2)19-14-8-6-7-9-15(14)20-16/h6-9,13H,4-5,10-11H2,1-3H3,(H,18,21)/t13-/m0/s1. The SMILES string of the molecule is CCCCNC(=O)[C@H](C)S(=O)(=O)Cc1nc2ccccc2nc1C. The molecule has 2 rings (SSSR count). The van der Waals surface area contributed by atoms with E-state index in [4.69, 9.17) is 0 Å². The predicted molar refractivity (Wildman–Crippen MR) is 94.3 cm³/mol. The van der Waals surface area contributed by atoms with Crippen molar-refractivity contribution in [3.05, 3.63) is 35.7 Å². The molecule has 2 aromatic rings. The quantitative estimate of drug-likeness (QED) is 0.774. The molecule has 0 aliphatic carbocycles. The Hall–Kier alpha value is -2.02. The van der Waals surface area contributed by atoms with Crippen molar-refractivity contribution in [1.29, 1.82) is 0 Å². The zero-order chi connectivity index (χ0) is 17.7. The third kappa shape index (κ3) is 4.29. The fourth-order valence-corrected chi connectivity index (χ4v) is 3.59. The third-order valence-corrected chi connectivity index (χ3v) is 5.89. The lowest BCUT2D eigenvalue weighted by molar-refractivity contribution is -0.120. The van der Waals surface area contributed by atoms with E-state index in [0.717, 1.165) is 18.4 Å². The fourth-order valence-electron chi connectivity index (χ4n) is 2.27. The highest BCUT2D eigenvalue weighted by Gasteiger charge is 2.29. The van der Waals surface area contributed by atoms with Crippen LogP contribution in [-0.4, -0.2) is 36.1 Å². The number of nitrogens with one attached hydrogen (secondary N) is 1. The van der Waals surface area contributed by atoms with Crippen LogP contribution in [0.2, 0.25) is 0 Å². The van der Waals surface area contributed by atoms with Gasteiger partial charge in [0.1, 0.15) is 5.25 Å². The summed E-state index contributed by atoms with van der Waals surface area (Å²) in [5, 5.41) is 1.56. The van der Waals surface area contributed by atoms with Crippen LogP contribution >= 0.6 is 0 Å². The molecular formula is C17H23N3O3S. The molecule has 0 fully saturated rings. The number of benzene rings is 1. The number of aryl methyl sites for hydroxylation is 1. The van der Waals surface area contributed by atoms with Crippen LogP contribution in [0.5, 0.6) is 0 Å². The molecule has 0 radical (unpaired) electrons. The zero-order valence-corrected chi connectivity index (χ0v) is 15.1. The molecule has 1 amide bonds. The minimum absolute atomic E-state index is 0.293. The van der Waals surface area contributed by atoms with Crippen LogP contribution < -0.4 is 5.32 Å². The Balaban J connectivity index is 2.19. The number of hydrogen-bond acceptors (Lipinski definition) is 5. The highest BCUT2D eigenvalue weighted by atomic mass is 32.2. The number of sulfone groups is 1. The first-order valence-electron chi connectivity index (χ1n) is 8.06. The van der Waals surface area contributed by atoms with Gasteiger partial charge in [-0.25, -0.2) is 18.4 Å². The van der Waals surface area contributed by atoms with Crippen LogP contribution in [0.3, 0.4) is 0 Å². The molecule has 0 spiro atoms. The zero-order valence-electron chi connectivity index (χ0n) is 14.2. The van der Waals surface area contributed by atoms with Crippen molar-refractivity contribution >= 4 is 26.8 Å². The summed E-state index contributed by atoms with van der Waals surface area (Å²) in [6.45, 7) is 5.65. The van der Waals surface area contributed by atoms with Crippen molar-refractivity contribution in [3.63, 3.8) is 0 Å². The number of para-hydroxylation sites is 2. The molecule has 0 saturated heterocycles. The van der Waals surface area contributed by atoms with Gasteiger partial charge in [-0.2, -0.15) is 0 Å². The van der Waals surface area contributed by atoms with Crippen LogP contribution in [0.4, 0.5) is 0 Å². The summed E-state index contributed by atoms with van der Waals surface area (Å²) in [6.07, 6.45) is 1.76. The number of hydrogen-bond donors (Lipinski definition) is 1. The molecule has 1 heterocycles. The van der Waals surface area contributed by atoms with Crippen molar-refractivity contribution in [3.8, 4) is 0 Å². The Morgan fingerprint density at radius 1 is 1.21 bits per heavy atom. The van der Waals surface area contributed by atoms with E-state index in [1.165, 1.54) is 6.92 Å². The van der Waals surface area contributed by atoms with Crippen LogP contribution in [0.25, 0.3) is 11.0 Å². The van der Waals surface area contributed by atoms with E-state index in [0.29, 0.717) is 23.4 Å². The number of unbranched alkanes of at least 4 members (excludes halogenated alkanes) is 1. The summed E-state index contributed by atoms with van der Waals surface area (Å²) in [4.78, 5) is 20.8. The van der Waals surface area contributed by atoms with Crippen molar-refractivity contribution in [2.75, 3.05) is 6.54 Å². The highest BCUT2D eigenvalue weighted by Crippen LogP contribution is 2.16. The molecule has 0 aliphatic heterocycles. The second kappa shape index (κ2) is 7.70. The van der Waals surface area contributed by atoms with Gasteiger partial charge in [-0.3, -0.25) is 4.79 Å². The topological polar surface area (TPSA) is 89.0 Å². The Labute approximate surface area is 142 Å². The van der Waals surface area contributed by atoms with Gasteiger partial charge in [-0.1, -0.05) is 25.5 Å². The predicted octanol–water partition coefficient (Wildman–Crippen LogP) is 2.16. The Morgan fingerprint density at radius 3 is 2.46 bits per heavy atom. The van der Waals surface area contributed by atoms with Gasteiger partial charge in [0.25, 0.3) is 0 Å². The molecule has 7 heteroatoms. The minimum Gasteiger partial charge on any atom is -0.355 e. The summed E-state index contributed by atoms with van der Waals surface area (Å²) < 4.78 is 25.1. The van der Waals surface area contributed by atoms with Gasteiger partial charge in [0, 0.05) is 6.54 Å². The van der Waals surface area contributed by atoms with E-state index >= 15 is 0 Å². The Morgan fingerprint density at radius 2 is 1.83 bits per heavy atom.